The van der Waals surface area contributed by atoms with E-state index >= 15 is 0 Å². The highest BCUT2D eigenvalue weighted by molar-refractivity contribution is 7.92. The maximum absolute atomic E-state index is 12.2. The molecule has 0 saturated carbocycles. The van der Waals surface area contributed by atoms with E-state index in [-0.39, 0.29) is 18.9 Å². The van der Waals surface area contributed by atoms with Crippen molar-refractivity contribution in [3.8, 4) is 0 Å². The molecule has 0 aliphatic heterocycles. The molecule has 0 saturated heterocycles. The van der Waals surface area contributed by atoms with Crippen LogP contribution in [0.5, 0.6) is 0 Å². The molecule has 0 atom stereocenters. The summed E-state index contributed by atoms with van der Waals surface area (Å²) in [6.45, 7) is 4.21. The average molecular weight is 395 g/mol. The Bertz CT molecular complexity index is 865. The van der Waals surface area contributed by atoms with E-state index in [0.717, 1.165) is 10.6 Å². The minimum Gasteiger partial charge on any atom is -0.326 e. The molecule has 0 aliphatic carbocycles. The molecule has 0 fully saturated rings. The highest BCUT2D eigenvalue weighted by atomic mass is 35.5. The Hall–Kier alpha value is -2.05. The van der Waals surface area contributed by atoms with E-state index in [9.17, 15) is 13.2 Å². The average Bonchev–Trinajstić information content (AvgIpc) is 2.56. The lowest BCUT2D eigenvalue weighted by molar-refractivity contribution is -0.116. The van der Waals surface area contributed by atoms with E-state index in [0.29, 0.717) is 22.3 Å². The van der Waals surface area contributed by atoms with Gasteiger partial charge in [0.15, 0.2) is 0 Å². The molecule has 26 heavy (non-hydrogen) atoms. The van der Waals surface area contributed by atoms with Crippen LogP contribution in [0.25, 0.3) is 0 Å². The first-order chi connectivity index (χ1) is 12.2. The number of nitrogens with zero attached hydrogens (tertiary/aromatic N) is 1. The summed E-state index contributed by atoms with van der Waals surface area (Å²) in [6.07, 6.45) is 1.11. The van der Waals surface area contributed by atoms with Gasteiger partial charge in [-0.15, -0.1) is 0 Å². The maximum Gasteiger partial charge on any atom is 0.232 e. The molecule has 140 valence electrons. The van der Waals surface area contributed by atoms with Gasteiger partial charge in [0.05, 0.1) is 17.0 Å². The standard InChI is InChI=1S/C19H23ClN2O3S/c1-14(2)15-8-10-16(11-9-15)21-19(23)12-13-22(26(3,24)25)18-7-5-4-6-17(18)20/h4-11,14H,12-13H2,1-3H3,(H,21,23). The highest BCUT2D eigenvalue weighted by Gasteiger charge is 2.20. The molecule has 0 unspecified atom stereocenters. The van der Waals surface area contributed by atoms with Gasteiger partial charge in [0, 0.05) is 18.7 Å². The molecular formula is C19H23ClN2O3S. The Kier molecular flexibility index (Phi) is 6.67. The fourth-order valence-corrected chi connectivity index (χ4v) is 3.72. The van der Waals surface area contributed by atoms with Gasteiger partial charge in [-0.1, -0.05) is 49.7 Å². The number of hydrogen-bond acceptors (Lipinski definition) is 3. The minimum atomic E-state index is -3.56. The Morgan fingerprint density at radius 3 is 2.27 bits per heavy atom. The topological polar surface area (TPSA) is 66.5 Å². The second-order valence-corrected chi connectivity index (χ2v) is 8.68. The lowest BCUT2D eigenvalue weighted by Gasteiger charge is -2.23. The smallest absolute Gasteiger partial charge is 0.232 e. The van der Waals surface area contributed by atoms with Gasteiger partial charge in [-0.2, -0.15) is 0 Å². The predicted molar refractivity (Wildman–Crippen MR) is 107 cm³/mol. The summed E-state index contributed by atoms with van der Waals surface area (Å²) in [4.78, 5) is 12.2. The molecule has 0 heterocycles. The molecule has 1 amide bonds. The van der Waals surface area contributed by atoms with Crippen LogP contribution in [0, 0.1) is 0 Å². The zero-order valence-electron chi connectivity index (χ0n) is 15.1. The van der Waals surface area contributed by atoms with Crippen LogP contribution in [-0.4, -0.2) is 27.1 Å². The van der Waals surface area contributed by atoms with Crippen molar-refractivity contribution in [3.05, 3.63) is 59.1 Å². The number of hydrogen-bond donors (Lipinski definition) is 1. The van der Waals surface area contributed by atoms with Crippen molar-refractivity contribution in [3.63, 3.8) is 0 Å². The highest BCUT2D eigenvalue weighted by Crippen LogP contribution is 2.27. The van der Waals surface area contributed by atoms with Crippen molar-refractivity contribution in [2.45, 2.75) is 26.2 Å². The Labute approximate surface area is 160 Å². The quantitative estimate of drug-likeness (QED) is 0.763. The van der Waals surface area contributed by atoms with Crippen LogP contribution in [0.3, 0.4) is 0 Å². The number of anilines is 2. The summed E-state index contributed by atoms with van der Waals surface area (Å²) in [6, 6.07) is 14.3. The van der Waals surface area contributed by atoms with Gasteiger partial charge < -0.3 is 5.32 Å². The molecule has 2 aromatic carbocycles. The summed E-state index contributed by atoms with van der Waals surface area (Å²) >= 11 is 6.10. The molecule has 0 bridgehead atoms. The van der Waals surface area contributed by atoms with Crippen molar-refractivity contribution in [2.24, 2.45) is 0 Å². The van der Waals surface area contributed by atoms with Crippen LogP contribution in [0.2, 0.25) is 5.02 Å². The third-order valence-electron chi connectivity index (χ3n) is 3.92. The van der Waals surface area contributed by atoms with Crippen molar-refractivity contribution in [2.75, 3.05) is 22.4 Å². The van der Waals surface area contributed by atoms with Crippen LogP contribution in [-0.2, 0) is 14.8 Å². The largest absolute Gasteiger partial charge is 0.326 e. The predicted octanol–water partition coefficient (Wildman–Crippen LogP) is 4.26. The number of carbonyl (C=O) groups excluding carboxylic acids is 1. The van der Waals surface area contributed by atoms with Gasteiger partial charge in [-0.05, 0) is 35.7 Å². The molecule has 0 radical (unpaired) electrons. The molecule has 1 N–H and O–H groups in total. The summed E-state index contributed by atoms with van der Waals surface area (Å²) in [7, 11) is -3.56. The van der Waals surface area contributed by atoms with Gasteiger partial charge in [-0.25, -0.2) is 8.42 Å². The molecule has 7 heteroatoms. The van der Waals surface area contributed by atoms with Crippen molar-refractivity contribution >= 4 is 38.9 Å². The first-order valence-corrected chi connectivity index (χ1v) is 10.5. The maximum atomic E-state index is 12.2. The van der Waals surface area contributed by atoms with Gasteiger partial charge in [0.25, 0.3) is 0 Å². The van der Waals surface area contributed by atoms with Gasteiger partial charge in [0.2, 0.25) is 15.9 Å². The Balaban J connectivity index is 2.04. The lowest BCUT2D eigenvalue weighted by atomic mass is 10.0. The number of sulfonamides is 1. The second-order valence-electron chi connectivity index (χ2n) is 6.36. The van der Waals surface area contributed by atoms with Gasteiger partial charge >= 0.3 is 0 Å². The third-order valence-corrected chi connectivity index (χ3v) is 5.42. The van der Waals surface area contributed by atoms with E-state index in [2.05, 4.69) is 19.2 Å². The number of halogens is 1. The van der Waals surface area contributed by atoms with Crippen molar-refractivity contribution < 1.29 is 13.2 Å². The van der Waals surface area contributed by atoms with Crippen LogP contribution in [0.1, 0.15) is 31.7 Å². The van der Waals surface area contributed by atoms with E-state index in [1.165, 1.54) is 5.56 Å². The zero-order valence-corrected chi connectivity index (χ0v) is 16.6. The number of amides is 1. The van der Waals surface area contributed by atoms with Crippen LogP contribution < -0.4 is 9.62 Å². The first kappa shape index (κ1) is 20.3. The number of carbonyl (C=O) groups is 1. The monoisotopic (exact) mass is 394 g/mol. The Morgan fingerprint density at radius 2 is 1.73 bits per heavy atom. The van der Waals surface area contributed by atoms with Gasteiger partial charge in [0.1, 0.15) is 0 Å². The lowest BCUT2D eigenvalue weighted by Crippen LogP contribution is -2.33. The fourth-order valence-electron chi connectivity index (χ4n) is 2.50. The van der Waals surface area contributed by atoms with Crippen LogP contribution in [0.4, 0.5) is 11.4 Å². The SMILES string of the molecule is CC(C)c1ccc(NC(=O)CCN(c2ccccc2Cl)S(C)(=O)=O)cc1. The summed E-state index contributed by atoms with van der Waals surface area (Å²) in [5.74, 6) is 0.154. The number of benzene rings is 2. The summed E-state index contributed by atoms with van der Waals surface area (Å²) in [5, 5.41) is 3.11. The summed E-state index contributed by atoms with van der Waals surface area (Å²) in [5.41, 5.74) is 2.23. The molecule has 5 nitrogen and oxygen atoms in total. The van der Waals surface area contributed by atoms with E-state index < -0.39 is 10.0 Å². The van der Waals surface area contributed by atoms with Crippen LogP contribution >= 0.6 is 11.6 Å². The number of nitrogens with one attached hydrogen (secondary N) is 1. The van der Waals surface area contributed by atoms with E-state index in [1.54, 1.807) is 24.3 Å². The summed E-state index contributed by atoms with van der Waals surface area (Å²) < 4.78 is 25.3. The van der Waals surface area contributed by atoms with E-state index in [4.69, 9.17) is 11.6 Å². The van der Waals surface area contributed by atoms with Crippen molar-refractivity contribution in [1.82, 2.24) is 0 Å². The third kappa shape index (κ3) is 5.47. The van der Waals surface area contributed by atoms with Gasteiger partial charge in [-0.3, -0.25) is 9.10 Å². The molecule has 2 aromatic rings. The molecular weight excluding hydrogens is 372 g/mol. The molecule has 2 rings (SSSR count). The van der Waals surface area contributed by atoms with E-state index in [1.807, 2.05) is 24.3 Å². The normalized spacial score (nSPS) is 11.4. The molecule has 0 aromatic heterocycles. The first-order valence-electron chi connectivity index (χ1n) is 8.30. The second kappa shape index (κ2) is 8.56. The number of para-hydroxylation sites is 1. The van der Waals surface area contributed by atoms with Crippen LogP contribution in [0.15, 0.2) is 48.5 Å². The Morgan fingerprint density at radius 1 is 1.12 bits per heavy atom. The van der Waals surface area contributed by atoms with Crippen molar-refractivity contribution in [1.29, 1.82) is 0 Å². The fraction of sp³-hybridized carbons (Fsp3) is 0.316. The minimum absolute atomic E-state index is 0.0124. The zero-order chi connectivity index (χ0) is 19.3. The molecule has 0 aliphatic rings. The molecule has 0 spiro atoms. The number of rotatable bonds is 7.